The Bertz CT molecular complexity index is 436. The minimum atomic E-state index is -4.97. The number of fused-ring (bicyclic) bond motifs is 1. The second-order valence-electron chi connectivity index (χ2n) is 2.65. The molecule has 0 aromatic carbocycles. The summed E-state index contributed by atoms with van der Waals surface area (Å²) in [6.07, 6.45) is 2.12. The fraction of sp³-hybridized carbons (Fsp3) is 0. The van der Waals surface area contributed by atoms with Crippen LogP contribution in [0.4, 0.5) is 12.9 Å². The van der Waals surface area contributed by atoms with Gasteiger partial charge < -0.3 is 12.9 Å². The van der Waals surface area contributed by atoms with Gasteiger partial charge in [0.05, 0.1) is 6.20 Å². The van der Waals surface area contributed by atoms with E-state index in [4.69, 9.17) is 0 Å². The molecule has 7 heteroatoms. The molecule has 1 N–H and O–H groups in total. The molecule has 0 saturated heterocycles. The van der Waals surface area contributed by atoms with E-state index in [1.54, 1.807) is 0 Å². The molecule has 0 saturated carbocycles. The van der Waals surface area contributed by atoms with Crippen molar-refractivity contribution in [1.82, 2.24) is 15.2 Å². The van der Waals surface area contributed by atoms with Crippen LogP contribution in [0.15, 0.2) is 18.5 Å². The van der Waals surface area contributed by atoms with Crippen molar-refractivity contribution in [1.29, 1.82) is 0 Å². The molecule has 0 amide bonds. The molecule has 0 aliphatic rings. The third-order valence-electron chi connectivity index (χ3n) is 1.69. The Morgan fingerprint density at radius 2 is 2.00 bits per heavy atom. The number of aromatic amines is 1. The Kier molecular flexibility index (Phi) is 1.54. The summed E-state index contributed by atoms with van der Waals surface area (Å²) in [5.41, 5.74) is -0.335. The van der Waals surface area contributed by atoms with Crippen molar-refractivity contribution in [2.24, 2.45) is 0 Å². The number of aromatic nitrogens is 3. The first-order chi connectivity index (χ1) is 6.07. The van der Waals surface area contributed by atoms with Gasteiger partial charge in [-0.15, -0.1) is 0 Å². The van der Waals surface area contributed by atoms with Crippen LogP contribution in [0.1, 0.15) is 0 Å². The summed E-state index contributed by atoms with van der Waals surface area (Å²) in [5.74, 6) is 0. The molecule has 0 bridgehead atoms. The average molecular weight is 186 g/mol. The van der Waals surface area contributed by atoms with Crippen molar-refractivity contribution in [2.45, 2.75) is 0 Å². The lowest BCUT2D eigenvalue weighted by molar-refractivity contribution is 0.501. The van der Waals surface area contributed by atoms with E-state index < -0.39 is 12.4 Å². The fourth-order valence-electron chi connectivity index (χ4n) is 1.03. The Balaban J connectivity index is 2.61. The Morgan fingerprint density at radius 1 is 1.23 bits per heavy atom. The van der Waals surface area contributed by atoms with Gasteiger partial charge in [0.25, 0.3) is 0 Å². The lowest BCUT2D eigenvalue weighted by atomic mass is 9.81. The van der Waals surface area contributed by atoms with Gasteiger partial charge >= 0.3 is 6.98 Å². The van der Waals surface area contributed by atoms with E-state index in [9.17, 15) is 12.9 Å². The zero-order valence-electron chi connectivity index (χ0n) is 6.34. The number of nitrogens with zero attached hydrogens (tertiary/aromatic N) is 2. The van der Waals surface area contributed by atoms with E-state index >= 15 is 0 Å². The van der Waals surface area contributed by atoms with Gasteiger partial charge in [-0.3, -0.25) is 5.10 Å². The Labute approximate surface area is 71.0 Å². The fourth-order valence-corrected chi connectivity index (χ4v) is 1.03. The van der Waals surface area contributed by atoms with Crippen molar-refractivity contribution in [3.63, 3.8) is 0 Å². The number of hydrogen-bond donors (Lipinski definition) is 1. The predicted molar refractivity (Wildman–Crippen MR) is 42.6 cm³/mol. The summed E-state index contributed by atoms with van der Waals surface area (Å²) < 4.78 is 36.6. The van der Waals surface area contributed by atoms with E-state index in [-0.39, 0.29) is 0 Å². The van der Waals surface area contributed by atoms with Crippen LogP contribution in [0.25, 0.3) is 11.0 Å². The number of halogens is 3. The van der Waals surface area contributed by atoms with Gasteiger partial charge in [0.1, 0.15) is 0 Å². The van der Waals surface area contributed by atoms with Crippen molar-refractivity contribution in [3.8, 4) is 0 Å². The van der Waals surface area contributed by atoms with Crippen LogP contribution in [0.5, 0.6) is 0 Å². The molecule has 68 valence electrons. The molecule has 2 rings (SSSR count). The second kappa shape index (κ2) is 2.48. The lowest BCUT2D eigenvalue weighted by Crippen LogP contribution is -2.34. The Morgan fingerprint density at radius 3 is 2.69 bits per heavy atom. The number of nitrogens with one attached hydrogen (secondary N) is 1. The minimum absolute atomic E-state index is 0.365. The maximum atomic E-state index is 12.2. The third kappa shape index (κ3) is 1.37. The average Bonchev–Trinajstić information content (AvgIpc) is 2.47. The maximum Gasteiger partial charge on any atom is 0.511 e. The third-order valence-corrected chi connectivity index (χ3v) is 1.69. The van der Waals surface area contributed by atoms with Crippen molar-refractivity contribution >= 4 is 23.5 Å². The zero-order valence-corrected chi connectivity index (χ0v) is 6.34. The molecule has 0 fully saturated rings. The molecule has 13 heavy (non-hydrogen) atoms. The first-order valence-electron chi connectivity index (χ1n) is 3.56. The molecule has 0 spiro atoms. The monoisotopic (exact) mass is 186 g/mol. The summed E-state index contributed by atoms with van der Waals surface area (Å²) in [7, 11) is 0. The first-order valence-corrected chi connectivity index (χ1v) is 3.56. The second-order valence-corrected chi connectivity index (χ2v) is 2.65. The van der Waals surface area contributed by atoms with Gasteiger partial charge in [0, 0.05) is 11.6 Å². The van der Waals surface area contributed by atoms with E-state index in [2.05, 4.69) is 15.2 Å². The highest BCUT2D eigenvalue weighted by atomic mass is 19.4. The van der Waals surface area contributed by atoms with Gasteiger partial charge in [-0.05, 0) is 0 Å². The highest BCUT2D eigenvalue weighted by molar-refractivity contribution is 6.73. The van der Waals surface area contributed by atoms with Crippen LogP contribution in [0, 0.1) is 0 Å². The Hall–Kier alpha value is -1.53. The van der Waals surface area contributed by atoms with Gasteiger partial charge in [-0.1, -0.05) is 11.5 Å². The van der Waals surface area contributed by atoms with E-state index in [0.29, 0.717) is 11.0 Å². The smallest absolute Gasteiger partial charge is 0.445 e. The van der Waals surface area contributed by atoms with Crippen LogP contribution in [-0.4, -0.2) is 22.2 Å². The zero-order chi connectivity index (χ0) is 9.47. The van der Waals surface area contributed by atoms with Crippen molar-refractivity contribution < 1.29 is 12.9 Å². The molecule has 2 aromatic heterocycles. The summed E-state index contributed by atoms with van der Waals surface area (Å²) in [4.78, 5) is 3.59. The summed E-state index contributed by atoms with van der Waals surface area (Å²) in [6, 6.07) is 1.03. The molecule has 2 heterocycles. The molecule has 0 aliphatic carbocycles. The van der Waals surface area contributed by atoms with Crippen molar-refractivity contribution in [2.75, 3.05) is 0 Å². The molecule has 0 atom stereocenters. The molecule has 0 unspecified atom stereocenters. The normalized spacial score (nSPS) is 12.2. The summed E-state index contributed by atoms with van der Waals surface area (Å²) >= 11 is 0. The highest BCUT2D eigenvalue weighted by Crippen LogP contribution is 2.11. The largest absolute Gasteiger partial charge is 0.511 e. The minimum Gasteiger partial charge on any atom is -0.445 e. The topological polar surface area (TPSA) is 41.6 Å². The van der Waals surface area contributed by atoms with Gasteiger partial charge in [0.15, 0.2) is 5.65 Å². The molecular formula is C6H4BF3N3-. The predicted octanol–water partition coefficient (Wildman–Crippen LogP) is 1.01. The number of H-pyrrole nitrogens is 1. The lowest BCUT2D eigenvalue weighted by Gasteiger charge is -2.13. The van der Waals surface area contributed by atoms with Crippen LogP contribution >= 0.6 is 0 Å². The summed E-state index contributed by atoms with van der Waals surface area (Å²) in [6.45, 7) is -4.97. The summed E-state index contributed by atoms with van der Waals surface area (Å²) in [5, 5.41) is 6.43. The number of rotatable bonds is 1. The van der Waals surface area contributed by atoms with Gasteiger partial charge in [-0.2, -0.15) is 5.10 Å². The molecule has 0 aliphatic heterocycles. The SMILES string of the molecule is F[B-](F)(F)c1cnc2[nH]ncc2c1. The highest BCUT2D eigenvalue weighted by Gasteiger charge is 2.26. The molecule has 3 nitrogen and oxygen atoms in total. The standard InChI is InChI=1S/C6H4BF3N3/c8-7(9,10)5-1-4-2-12-13-6(4)11-3-5/h1-3H,(H,11,12,13)/q-1. The van der Waals surface area contributed by atoms with Crippen molar-refractivity contribution in [3.05, 3.63) is 18.5 Å². The van der Waals surface area contributed by atoms with Crippen LogP contribution in [0.3, 0.4) is 0 Å². The number of hydrogen-bond acceptors (Lipinski definition) is 2. The van der Waals surface area contributed by atoms with E-state index in [1.165, 1.54) is 6.20 Å². The quantitative estimate of drug-likeness (QED) is 0.675. The molecule has 0 radical (unpaired) electrons. The van der Waals surface area contributed by atoms with E-state index in [1.807, 2.05) is 0 Å². The maximum absolute atomic E-state index is 12.2. The van der Waals surface area contributed by atoms with Crippen LogP contribution in [-0.2, 0) is 0 Å². The molecular weight excluding hydrogens is 182 g/mol. The van der Waals surface area contributed by atoms with Crippen LogP contribution < -0.4 is 5.46 Å². The molecule has 2 aromatic rings. The van der Waals surface area contributed by atoms with Gasteiger partial charge in [-0.25, -0.2) is 4.98 Å². The van der Waals surface area contributed by atoms with Gasteiger partial charge in [0.2, 0.25) is 0 Å². The van der Waals surface area contributed by atoms with Crippen LogP contribution in [0.2, 0.25) is 0 Å². The number of pyridine rings is 1. The first kappa shape index (κ1) is 8.09. The van der Waals surface area contributed by atoms with E-state index in [0.717, 1.165) is 12.3 Å².